The molecular formula is C19H21NO3. The lowest BCUT2D eigenvalue weighted by atomic mass is 10.1. The fourth-order valence-electron chi connectivity index (χ4n) is 2.62. The molecule has 4 nitrogen and oxygen atoms in total. The molecule has 0 aliphatic carbocycles. The standard InChI is InChI=1S/C19H21NO3/c21-19(12-7-13-22-17-10-5-2-6-11-17)20-14-18(23-15-20)16-8-3-1-4-9-16/h1-6,8-11,18H,7,12-15H2. The molecule has 0 spiro atoms. The van der Waals surface area contributed by atoms with E-state index in [1.54, 1.807) is 4.90 Å². The maximum Gasteiger partial charge on any atom is 0.224 e. The molecule has 1 saturated heterocycles. The molecule has 0 radical (unpaired) electrons. The zero-order chi connectivity index (χ0) is 15.9. The number of nitrogens with zero attached hydrogens (tertiary/aromatic N) is 1. The third kappa shape index (κ3) is 4.33. The van der Waals surface area contributed by atoms with Gasteiger partial charge in [0.1, 0.15) is 18.6 Å². The van der Waals surface area contributed by atoms with E-state index in [2.05, 4.69) is 0 Å². The summed E-state index contributed by atoms with van der Waals surface area (Å²) in [6.45, 7) is 1.55. The van der Waals surface area contributed by atoms with Gasteiger partial charge < -0.3 is 14.4 Å². The third-order valence-corrected chi connectivity index (χ3v) is 3.89. The molecular weight excluding hydrogens is 290 g/mol. The van der Waals surface area contributed by atoms with Crippen LogP contribution in [-0.2, 0) is 9.53 Å². The predicted octanol–water partition coefficient (Wildman–Crippen LogP) is 3.40. The summed E-state index contributed by atoms with van der Waals surface area (Å²) in [6.07, 6.45) is 1.18. The molecule has 2 aromatic rings. The summed E-state index contributed by atoms with van der Waals surface area (Å²) in [6, 6.07) is 19.7. The number of hydrogen-bond donors (Lipinski definition) is 0. The highest BCUT2D eigenvalue weighted by molar-refractivity contribution is 5.76. The first-order valence-corrected chi connectivity index (χ1v) is 7.95. The van der Waals surface area contributed by atoms with Gasteiger partial charge >= 0.3 is 0 Å². The lowest BCUT2D eigenvalue weighted by molar-refractivity contribution is -0.131. The lowest BCUT2D eigenvalue weighted by Crippen LogP contribution is -2.28. The molecule has 1 atom stereocenters. The molecule has 1 amide bonds. The number of carbonyl (C=O) groups is 1. The number of ether oxygens (including phenoxy) is 2. The van der Waals surface area contributed by atoms with Gasteiger partial charge in [-0.1, -0.05) is 48.5 Å². The normalized spacial score (nSPS) is 17.2. The second kappa shape index (κ2) is 7.79. The number of para-hydroxylation sites is 1. The van der Waals surface area contributed by atoms with Crippen LogP contribution in [0.3, 0.4) is 0 Å². The van der Waals surface area contributed by atoms with Crippen LogP contribution < -0.4 is 4.74 Å². The van der Waals surface area contributed by atoms with E-state index in [1.807, 2.05) is 60.7 Å². The van der Waals surface area contributed by atoms with Crippen molar-refractivity contribution < 1.29 is 14.3 Å². The van der Waals surface area contributed by atoms with Crippen molar-refractivity contribution in [2.45, 2.75) is 18.9 Å². The monoisotopic (exact) mass is 311 g/mol. The Bertz CT molecular complexity index is 615. The zero-order valence-electron chi connectivity index (χ0n) is 13.1. The van der Waals surface area contributed by atoms with Crippen molar-refractivity contribution >= 4 is 5.91 Å². The van der Waals surface area contributed by atoms with Crippen LogP contribution >= 0.6 is 0 Å². The van der Waals surface area contributed by atoms with Crippen LogP contribution in [0, 0.1) is 0 Å². The van der Waals surface area contributed by atoms with E-state index in [4.69, 9.17) is 9.47 Å². The summed E-state index contributed by atoms with van der Waals surface area (Å²) in [4.78, 5) is 14.0. The Kier molecular flexibility index (Phi) is 5.27. The molecule has 1 unspecified atom stereocenters. The van der Waals surface area contributed by atoms with Crippen molar-refractivity contribution in [1.29, 1.82) is 0 Å². The first-order chi connectivity index (χ1) is 11.3. The van der Waals surface area contributed by atoms with Crippen LogP contribution in [-0.4, -0.2) is 30.7 Å². The second-order valence-corrected chi connectivity index (χ2v) is 5.58. The van der Waals surface area contributed by atoms with Crippen molar-refractivity contribution in [3.05, 3.63) is 66.2 Å². The summed E-state index contributed by atoms with van der Waals surface area (Å²) in [5.74, 6) is 0.966. The Balaban J connectivity index is 1.39. The lowest BCUT2D eigenvalue weighted by Gasteiger charge is -2.14. The minimum atomic E-state index is -0.0132. The maximum absolute atomic E-state index is 12.2. The molecule has 1 aliphatic rings. The summed E-state index contributed by atoms with van der Waals surface area (Å²) in [5.41, 5.74) is 1.12. The van der Waals surface area contributed by atoms with E-state index in [-0.39, 0.29) is 12.0 Å². The summed E-state index contributed by atoms with van der Waals surface area (Å²) in [5, 5.41) is 0. The number of benzene rings is 2. The maximum atomic E-state index is 12.2. The average Bonchev–Trinajstić information content (AvgIpc) is 3.10. The number of amides is 1. The largest absolute Gasteiger partial charge is 0.494 e. The molecule has 0 saturated carbocycles. The topological polar surface area (TPSA) is 38.8 Å². The van der Waals surface area contributed by atoms with Gasteiger partial charge in [-0.05, 0) is 24.1 Å². The fraction of sp³-hybridized carbons (Fsp3) is 0.316. The van der Waals surface area contributed by atoms with Crippen LogP contribution in [0.25, 0.3) is 0 Å². The quantitative estimate of drug-likeness (QED) is 0.768. The van der Waals surface area contributed by atoms with Gasteiger partial charge in [-0.2, -0.15) is 0 Å². The number of carbonyl (C=O) groups excluding carboxylic acids is 1. The molecule has 120 valence electrons. The fourth-order valence-corrected chi connectivity index (χ4v) is 2.62. The Hall–Kier alpha value is -2.33. The van der Waals surface area contributed by atoms with E-state index < -0.39 is 0 Å². The Morgan fingerprint density at radius 3 is 2.52 bits per heavy atom. The molecule has 0 bridgehead atoms. The molecule has 0 N–H and O–H groups in total. The molecule has 0 aromatic heterocycles. The Labute approximate surface area is 136 Å². The van der Waals surface area contributed by atoms with Crippen LogP contribution in [0.15, 0.2) is 60.7 Å². The number of hydrogen-bond acceptors (Lipinski definition) is 3. The van der Waals surface area contributed by atoms with Gasteiger partial charge in [0.15, 0.2) is 0 Å². The van der Waals surface area contributed by atoms with Gasteiger partial charge in [-0.15, -0.1) is 0 Å². The van der Waals surface area contributed by atoms with Gasteiger partial charge in [0.25, 0.3) is 0 Å². The van der Waals surface area contributed by atoms with Crippen molar-refractivity contribution in [3.8, 4) is 5.75 Å². The van der Waals surface area contributed by atoms with Crippen molar-refractivity contribution in [2.24, 2.45) is 0 Å². The Morgan fingerprint density at radius 1 is 1.09 bits per heavy atom. The van der Waals surface area contributed by atoms with Crippen molar-refractivity contribution in [3.63, 3.8) is 0 Å². The molecule has 2 aromatic carbocycles. The summed E-state index contributed by atoms with van der Waals surface area (Å²) < 4.78 is 11.3. The van der Waals surface area contributed by atoms with Gasteiger partial charge in [-0.3, -0.25) is 4.79 Å². The van der Waals surface area contributed by atoms with E-state index in [0.717, 1.165) is 11.3 Å². The molecule has 1 fully saturated rings. The zero-order valence-corrected chi connectivity index (χ0v) is 13.1. The first-order valence-electron chi connectivity index (χ1n) is 7.95. The summed E-state index contributed by atoms with van der Waals surface area (Å²) >= 11 is 0. The predicted molar refractivity (Wildman–Crippen MR) is 88.0 cm³/mol. The highest BCUT2D eigenvalue weighted by Gasteiger charge is 2.27. The molecule has 4 heteroatoms. The molecule has 23 heavy (non-hydrogen) atoms. The van der Waals surface area contributed by atoms with E-state index in [1.165, 1.54) is 0 Å². The SMILES string of the molecule is O=C(CCCOc1ccccc1)N1COC(c2ccccc2)C1. The minimum absolute atomic E-state index is 0.0132. The van der Waals surface area contributed by atoms with Crippen molar-refractivity contribution in [1.82, 2.24) is 4.90 Å². The van der Waals surface area contributed by atoms with Crippen LogP contribution in [0.5, 0.6) is 5.75 Å². The number of rotatable bonds is 6. The van der Waals surface area contributed by atoms with Crippen LogP contribution in [0.2, 0.25) is 0 Å². The highest BCUT2D eigenvalue weighted by atomic mass is 16.5. The first kappa shape index (κ1) is 15.6. The van der Waals surface area contributed by atoms with Crippen LogP contribution in [0.1, 0.15) is 24.5 Å². The minimum Gasteiger partial charge on any atom is -0.494 e. The molecule has 1 aliphatic heterocycles. The van der Waals surface area contributed by atoms with Gasteiger partial charge in [0.2, 0.25) is 5.91 Å². The third-order valence-electron chi connectivity index (χ3n) is 3.89. The van der Waals surface area contributed by atoms with Gasteiger partial charge in [-0.25, -0.2) is 0 Å². The Morgan fingerprint density at radius 2 is 1.78 bits per heavy atom. The van der Waals surface area contributed by atoms with E-state index >= 15 is 0 Å². The van der Waals surface area contributed by atoms with Gasteiger partial charge in [0.05, 0.1) is 13.2 Å². The van der Waals surface area contributed by atoms with E-state index in [9.17, 15) is 4.79 Å². The van der Waals surface area contributed by atoms with Gasteiger partial charge in [0, 0.05) is 6.42 Å². The smallest absolute Gasteiger partial charge is 0.224 e. The average molecular weight is 311 g/mol. The molecule has 1 heterocycles. The van der Waals surface area contributed by atoms with E-state index in [0.29, 0.717) is 32.7 Å². The van der Waals surface area contributed by atoms with Crippen LogP contribution in [0.4, 0.5) is 0 Å². The second-order valence-electron chi connectivity index (χ2n) is 5.58. The highest BCUT2D eigenvalue weighted by Crippen LogP contribution is 2.24. The molecule has 3 rings (SSSR count). The van der Waals surface area contributed by atoms with Crippen molar-refractivity contribution in [2.75, 3.05) is 19.9 Å². The summed E-state index contributed by atoms with van der Waals surface area (Å²) in [7, 11) is 0.